The average Bonchev–Trinajstić information content (AvgIpc) is 2.84. The lowest BCUT2D eigenvalue weighted by Crippen LogP contribution is -2.26. The van der Waals surface area contributed by atoms with Gasteiger partial charge in [-0.1, -0.05) is 72.8 Å². The molecule has 0 aromatic heterocycles. The Labute approximate surface area is 180 Å². The molecular weight excluding hydrogens is 409 g/mol. The predicted molar refractivity (Wildman–Crippen MR) is 123 cm³/mol. The third kappa shape index (κ3) is 4.27. The van der Waals surface area contributed by atoms with E-state index in [9.17, 15) is 14.7 Å². The Hall–Kier alpha value is -3.69. The van der Waals surface area contributed by atoms with Crippen LogP contribution in [-0.4, -0.2) is 4.92 Å². The number of hydrogen-bond donors (Lipinski definition) is 0. The molecule has 0 saturated carbocycles. The number of para-hydroxylation sites is 1. The molecule has 4 aromatic carbocycles. The van der Waals surface area contributed by atoms with Crippen molar-refractivity contribution in [3.63, 3.8) is 0 Å². The van der Waals surface area contributed by atoms with Gasteiger partial charge in [0.2, 0.25) is 0 Å². The van der Waals surface area contributed by atoms with E-state index in [0.29, 0.717) is 11.1 Å². The zero-order valence-corrected chi connectivity index (χ0v) is 17.5. The largest absolute Gasteiger partial charge is 0.488 e. The Bertz CT molecular complexity index is 1180. The highest BCUT2D eigenvalue weighted by atomic mass is 31.2. The lowest BCUT2D eigenvalue weighted by Gasteiger charge is -2.22. The van der Waals surface area contributed by atoms with Crippen LogP contribution in [0.15, 0.2) is 109 Å². The van der Waals surface area contributed by atoms with Crippen molar-refractivity contribution in [2.75, 3.05) is 0 Å². The van der Waals surface area contributed by atoms with Gasteiger partial charge in [0.25, 0.3) is 5.69 Å². The van der Waals surface area contributed by atoms with Crippen LogP contribution >= 0.6 is 7.14 Å². The minimum Gasteiger partial charge on any atom is -0.488 e. The molecule has 0 atom stereocenters. The zero-order chi connectivity index (χ0) is 21.7. The molecule has 0 saturated heterocycles. The van der Waals surface area contributed by atoms with Crippen molar-refractivity contribution in [2.45, 2.75) is 6.61 Å². The van der Waals surface area contributed by atoms with Gasteiger partial charge in [0.1, 0.15) is 12.4 Å². The van der Waals surface area contributed by atoms with E-state index in [4.69, 9.17) is 4.74 Å². The molecule has 0 aliphatic heterocycles. The number of rotatable bonds is 7. The van der Waals surface area contributed by atoms with Gasteiger partial charge >= 0.3 is 0 Å². The van der Waals surface area contributed by atoms with Gasteiger partial charge in [0, 0.05) is 22.7 Å². The van der Waals surface area contributed by atoms with E-state index in [-0.39, 0.29) is 12.3 Å². The topological polar surface area (TPSA) is 69.4 Å². The van der Waals surface area contributed by atoms with Crippen LogP contribution in [0.5, 0.6) is 5.75 Å². The highest BCUT2D eigenvalue weighted by molar-refractivity contribution is 7.85. The molecule has 0 fully saturated rings. The SMILES string of the molecule is O=[N+]([O-])c1ccc(COc2ccccc2P(=O)(c2ccccc2)c2ccccc2)cc1. The summed E-state index contributed by atoms with van der Waals surface area (Å²) in [5, 5.41) is 12.9. The summed E-state index contributed by atoms with van der Waals surface area (Å²) in [6, 6.07) is 32.4. The molecule has 6 heteroatoms. The Morgan fingerprint density at radius 2 is 1.23 bits per heavy atom. The van der Waals surface area contributed by atoms with Crippen molar-refractivity contribution < 1.29 is 14.2 Å². The van der Waals surface area contributed by atoms with Gasteiger partial charge in [0.05, 0.1) is 10.2 Å². The highest BCUT2D eigenvalue weighted by Crippen LogP contribution is 2.45. The summed E-state index contributed by atoms with van der Waals surface area (Å²) in [5.74, 6) is 0.525. The monoisotopic (exact) mass is 429 g/mol. The number of benzene rings is 4. The first-order valence-corrected chi connectivity index (χ1v) is 11.5. The van der Waals surface area contributed by atoms with Crippen LogP contribution < -0.4 is 20.7 Å². The molecule has 0 spiro atoms. The summed E-state index contributed by atoms with van der Waals surface area (Å²) in [5.41, 5.74) is 0.816. The fourth-order valence-electron chi connectivity index (χ4n) is 3.42. The maximum absolute atomic E-state index is 14.6. The first-order chi connectivity index (χ1) is 15.1. The number of nitro benzene ring substituents is 1. The summed E-state index contributed by atoms with van der Waals surface area (Å²) in [6.07, 6.45) is 0. The van der Waals surface area contributed by atoms with Gasteiger partial charge in [0.15, 0.2) is 7.14 Å². The van der Waals surface area contributed by atoms with E-state index in [2.05, 4.69) is 0 Å². The van der Waals surface area contributed by atoms with Crippen LogP contribution in [0.2, 0.25) is 0 Å². The van der Waals surface area contributed by atoms with Crippen LogP contribution in [0.25, 0.3) is 0 Å². The Kier molecular flexibility index (Phi) is 5.96. The molecule has 0 aliphatic rings. The molecule has 4 aromatic rings. The van der Waals surface area contributed by atoms with Crippen molar-refractivity contribution in [2.24, 2.45) is 0 Å². The fraction of sp³-hybridized carbons (Fsp3) is 0.0400. The quantitative estimate of drug-likeness (QED) is 0.240. The Balaban J connectivity index is 1.73. The first kappa shape index (κ1) is 20.6. The molecule has 5 nitrogen and oxygen atoms in total. The molecule has 0 heterocycles. The van der Waals surface area contributed by atoms with Gasteiger partial charge in [-0.15, -0.1) is 0 Å². The molecule has 154 valence electrons. The Morgan fingerprint density at radius 1 is 0.710 bits per heavy atom. The van der Waals surface area contributed by atoms with Crippen molar-refractivity contribution in [1.29, 1.82) is 0 Å². The number of hydrogen-bond acceptors (Lipinski definition) is 4. The van der Waals surface area contributed by atoms with E-state index in [1.54, 1.807) is 18.2 Å². The minimum atomic E-state index is -3.17. The third-order valence-corrected chi connectivity index (χ3v) is 8.08. The van der Waals surface area contributed by atoms with Crippen molar-refractivity contribution in [3.05, 3.63) is 125 Å². The smallest absolute Gasteiger partial charge is 0.269 e. The van der Waals surface area contributed by atoms with Gasteiger partial charge in [-0.05, 0) is 29.8 Å². The second kappa shape index (κ2) is 8.99. The Morgan fingerprint density at radius 3 is 1.77 bits per heavy atom. The molecular formula is C25H20NO4P. The van der Waals surface area contributed by atoms with Crippen LogP contribution in [0.4, 0.5) is 5.69 Å². The summed E-state index contributed by atoms with van der Waals surface area (Å²) < 4.78 is 20.7. The maximum atomic E-state index is 14.6. The highest BCUT2D eigenvalue weighted by Gasteiger charge is 2.32. The van der Waals surface area contributed by atoms with Crippen LogP contribution in [0, 0.1) is 10.1 Å². The lowest BCUT2D eigenvalue weighted by atomic mass is 10.2. The minimum absolute atomic E-state index is 0.0295. The summed E-state index contributed by atoms with van der Waals surface area (Å²) in [4.78, 5) is 10.4. The van der Waals surface area contributed by atoms with Crippen LogP contribution in [0.3, 0.4) is 0 Å². The van der Waals surface area contributed by atoms with Crippen molar-refractivity contribution >= 4 is 28.7 Å². The second-order valence-corrected chi connectivity index (χ2v) is 9.69. The van der Waals surface area contributed by atoms with Gasteiger partial charge < -0.3 is 9.30 Å². The second-order valence-electron chi connectivity index (χ2n) is 6.96. The zero-order valence-electron chi connectivity index (χ0n) is 16.6. The van der Waals surface area contributed by atoms with E-state index >= 15 is 0 Å². The van der Waals surface area contributed by atoms with Crippen LogP contribution in [0.1, 0.15) is 5.56 Å². The molecule has 4 rings (SSSR count). The van der Waals surface area contributed by atoms with Crippen molar-refractivity contribution in [1.82, 2.24) is 0 Å². The third-order valence-electron chi connectivity index (χ3n) is 4.99. The molecule has 0 unspecified atom stereocenters. The predicted octanol–water partition coefficient (Wildman–Crippen LogP) is 4.81. The summed E-state index contributed by atoms with van der Waals surface area (Å²) in [7, 11) is -3.17. The standard InChI is InChI=1S/C25H20NO4P/c27-26(28)21-17-15-20(16-18-21)19-30-24-13-7-8-14-25(24)31(29,22-9-3-1-4-10-22)23-11-5-2-6-12-23/h1-18H,19H2. The molecule has 0 radical (unpaired) electrons. The molecule has 0 bridgehead atoms. The summed E-state index contributed by atoms with van der Waals surface area (Å²) in [6.45, 7) is 0.207. The van der Waals surface area contributed by atoms with Crippen LogP contribution in [-0.2, 0) is 11.2 Å². The number of non-ortho nitro benzene ring substituents is 1. The summed E-state index contributed by atoms with van der Waals surface area (Å²) >= 11 is 0. The van der Waals surface area contributed by atoms with E-state index in [0.717, 1.165) is 16.2 Å². The average molecular weight is 429 g/mol. The molecule has 0 amide bonds. The normalized spacial score (nSPS) is 11.1. The lowest BCUT2D eigenvalue weighted by molar-refractivity contribution is -0.384. The van der Waals surface area contributed by atoms with Crippen molar-refractivity contribution in [3.8, 4) is 5.75 Å². The maximum Gasteiger partial charge on any atom is 0.269 e. The molecule has 31 heavy (non-hydrogen) atoms. The van der Waals surface area contributed by atoms with E-state index in [1.165, 1.54) is 12.1 Å². The number of nitrogens with zero attached hydrogens (tertiary/aromatic N) is 1. The first-order valence-electron chi connectivity index (χ1n) is 9.76. The van der Waals surface area contributed by atoms with Gasteiger partial charge in [-0.25, -0.2) is 0 Å². The fourth-order valence-corrected chi connectivity index (χ4v) is 6.20. The van der Waals surface area contributed by atoms with Gasteiger partial charge in [-0.2, -0.15) is 0 Å². The van der Waals surface area contributed by atoms with Gasteiger partial charge in [-0.3, -0.25) is 10.1 Å². The molecule has 0 N–H and O–H groups in total. The van der Waals surface area contributed by atoms with E-state index in [1.807, 2.05) is 78.9 Å². The number of ether oxygens (including phenoxy) is 1. The molecule has 0 aliphatic carbocycles. The number of nitro groups is 1. The van der Waals surface area contributed by atoms with E-state index < -0.39 is 12.1 Å².